The van der Waals surface area contributed by atoms with E-state index in [2.05, 4.69) is 11.8 Å². The average Bonchev–Trinajstić information content (AvgIpc) is 2.62. The molecule has 1 saturated carbocycles. The van der Waals surface area contributed by atoms with Crippen molar-refractivity contribution in [2.45, 2.75) is 57.9 Å². The predicted octanol–water partition coefficient (Wildman–Crippen LogP) is 2.75. The summed E-state index contributed by atoms with van der Waals surface area (Å²) in [5, 5.41) is 8.81. The highest BCUT2D eigenvalue weighted by Crippen LogP contribution is 2.35. The van der Waals surface area contributed by atoms with Crippen LogP contribution < -0.4 is 0 Å². The van der Waals surface area contributed by atoms with Crippen LogP contribution in [0.3, 0.4) is 0 Å². The van der Waals surface area contributed by atoms with Gasteiger partial charge in [-0.05, 0) is 50.4 Å². The topological polar surface area (TPSA) is 40.5 Å². The fraction of sp³-hybridized carbons (Fsp3) is 0.929. The largest absolute Gasteiger partial charge is 0.481 e. The molecule has 0 aromatic heterocycles. The molecule has 3 fully saturated rings. The van der Waals surface area contributed by atoms with E-state index in [1.54, 1.807) is 0 Å². The van der Waals surface area contributed by atoms with Crippen molar-refractivity contribution in [3.8, 4) is 0 Å². The van der Waals surface area contributed by atoms with Crippen LogP contribution in [0.5, 0.6) is 0 Å². The normalized spacial score (nSPS) is 31.1. The van der Waals surface area contributed by atoms with E-state index >= 15 is 0 Å². The van der Waals surface area contributed by atoms with Gasteiger partial charge in [-0.3, -0.25) is 9.69 Å². The lowest BCUT2D eigenvalue weighted by molar-refractivity contribution is -0.137. The molecular formula is C14H25NO2. The molecule has 3 rings (SSSR count). The maximum Gasteiger partial charge on any atom is 0.303 e. The second kappa shape index (κ2) is 5.85. The van der Waals surface area contributed by atoms with Crippen molar-refractivity contribution in [1.29, 1.82) is 0 Å². The minimum Gasteiger partial charge on any atom is -0.481 e. The highest BCUT2D eigenvalue weighted by Gasteiger charge is 2.31. The van der Waals surface area contributed by atoms with E-state index in [0.717, 1.165) is 24.7 Å². The zero-order chi connectivity index (χ0) is 12.3. The van der Waals surface area contributed by atoms with Gasteiger partial charge in [0.25, 0.3) is 0 Å². The predicted molar refractivity (Wildman–Crippen MR) is 68.0 cm³/mol. The Morgan fingerprint density at radius 1 is 1.24 bits per heavy atom. The Hall–Kier alpha value is -0.570. The molecule has 0 amide bonds. The Balaban J connectivity index is 1.92. The lowest BCUT2D eigenvalue weighted by atomic mass is 9.84. The lowest BCUT2D eigenvalue weighted by Gasteiger charge is -2.31. The molecule has 0 radical (unpaired) electrons. The van der Waals surface area contributed by atoms with E-state index in [4.69, 9.17) is 5.11 Å². The molecule has 17 heavy (non-hydrogen) atoms. The van der Waals surface area contributed by atoms with Crippen molar-refractivity contribution in [2.24, 2.45) is 11.8 Å². The molecule has 3 heteroatoms. The van der Waals surface area contributed by atoms with Crippen LogP contribution in [-0.4, -0.2) is 35.1 Å². The molecule has 0 aromatic rings. The van der Waals surface area contributed by atoms with E-state index in [1.807, 2.05) is 0 Å². The van der Waals surface area contributed by atoms with Gasteiger partial charge in [0.1, 0.15) is 0 Å². The van der Waals surface area contributed by atoms with Crippen molar-refractivity contribution in [3.05, 3.63) is 0 Å². The zero-order valence-corrected chi connectivity index (χ0v) is 10.9. The number of aliphatic carboxylic acids is 1. The molecule has 2 heterocycles. The van der Waals surface area contributed by atoms with Crippen LogP contribution in [0.15, 0.2) is 0 Å². The van der Waals surface area contributed by atoms with Gasteiger partial charge in [-0.1, -0.05) is 6.92 Å². The number of hydrogen-bond donors (Lipinski definition) is 1. The second-order valence-corrected chi connectivity index (χ2v) is 5.84. The minimum absolute atomic E-state index is 0.324. The molecule has 2 bridgehead atoms. The summed E-state index contributed by atoms with van der Waals surface area (Å²) >= 11 is 0. The Morgan fingerprint density at radius 2 is 1.76 bits per heavy atom. The van der Waals surface area contributed by atoms with E-state index in [0.29, 0.717) is 12.5 Å². The number of hydrogen-bond acceptors (Lipinski definition) is 2. The first-order valence-electron chi connectivity index (χ1n) is 7.15. The molecule has 0 aromatic carbocycles. The van der Waals surface area contributed by atoms with E-state index in [1.165, 1.54) is 38.8 Å². The van der Waals surface area contributed by atoms with Crippen molar-refractivity contribution < 1.29 is 9.90 Å². The zero-order valence-electron chi connectivity index (χ0n) is 10.9. The third-order valence-corrected chi connectivity index (χ3v) is 4.63. The number of carboxylic acids is 1. The Morgan fingerprint density at radius 3 is 2.18 bits per heavy atom. The summed E-state index contributed by atoms with van der Waals surface area (Å²) in [6.45, 7) is 4.63. The molecule has 2 saturated heterocycles. The fourth-order valence-corrected chi connectivity index (χ4v) is 3.57. The summed E-state index contributed by atoms with van der Waals surface area (Å²) in [5.41, 5.74) is 0. The van der Waals surface area contributed by atoms with E-state index in [9.17, 15) is 4.79 Å². The number of rotatable bonds is 5. The molecule has 2 aliphatic heterocycles. The van der Waals surface area contributed by atoms with Gasteiger partial charge in [0.05, 0.1) is 0 Å². The van der Waals surface area contributed by atoms with Gasteiger partial charge < -0.3 is 5.11 Å². The highest BCUT2D eigenvalue weighted by molar-refractivity contribution is 5.66. The number of carboxylic acid groups (broad SMARTS) is 1. The number of nitrogens with zero attached hydrogens (tertiary/aromatic N) is 1. The first-order chi connectivity index (χ1) is 8.19. The van der Waals surface area contributed by atoms with Crippen LogP contribution in [0.1, 0.15) is 51.9 Å². The van der Waals surface area contributed by atoms with Crippen LogP contribution in [0.4, 0.5) is 0 Å². The van der Waals surface area contributed by atoms with Crippen LogP contribution >= 0.6 is 0 Å². The minimum atomic E-state index is -0.652. The molecule has 1 aliphatic carbocycles. The van der Waals surface area contributed by atoms with Gasteiger partial charge >= 0.3 is 5.97 Å². The summed E-state index contributed by atoms with van der Waals surface area (Å²) in [6.07, 6.45) is 7.84. The van der Waals surface area contributed by atoms with E-state index < -0.39 is 5.97 Å². The third-order valence-electron chi connectivity index (χ3n) is 4.63. The smallest absolute Gasteiger partial charge is 0.303 e. The van der Waals surface area contributed by atoms with Gasteiger partial charge in [-0.2, -0.15) is 0 Å². The van der Waals surface area contributed by atoms with Crippen molar-refractivity contribution in [3.63, 3.8) is 0 Å². The summed E-state index contributed by atoms with van der Waals surface area (Å²) in [5.74, 6) is 1.11. The molecule has 3 aliphatic rings. The summed E-state index contributed by atoms with van der Waals surface area (Å²) < 4.78 is 0. The van der Waals surface area contributed by atoms with Gasteiger partial charge in [0.2, 0.25) is 0 Å². The average molecular weight is 239 g/mol. The fourth-order valence-electron chi connectivity index (χ4n) is 3.57. The highest BCUT2D eigenvalue weighted by atomic mass is 16.4. The number of carbonyl (C=O) groups is 1. The van der Waals surface area contributed by atoms with Crippen molar-refractivity contribution in [2.75, 3.05) is 13.1 Å². The monoisotopic (exact) mass is 239 g/mol. The summed E-state index contributed by atoms with van der Waals surface area (Å²) in [7, 11) is 0. The van der Waals surface area contributed by atoms with E-state index in [-0.39, 0.29) is 0 Å². The van der Waals surface area contributed by atoms with Crippen LogP contribution in [-0.2, 0) is 4.79 Å². The molecule has 1 unspecified atom stereocenters. The first-order valence-corrected chi connectivity index (χ1v) is 7.15. The van der Waals surface area contributed by atoms with Crippen LogP contribution in [0, 0.1) is 11.8 Å². The molecule has 98 valence electrons. The quantitative estimate of drug-likeness (QED) is 0.802. The lowest BCUT2D eigenvalue weighted by Crippen LogP contribution is -2.38. The molecule has 0 spiro atoms. The van der Waals surface area contributed by atoms with Gasteiger partial charge in [-0.15, -0.1) is 0 Å². The molecular weight excluding hydrogens is 214 g/mol. The Labute approximate surface area is 104 Å². The van der Waals surface area contributed by atoms with Crippen molar-refractivity contribution in [1.82, 2.24) is 4.90 Å². The molecule has 1 N–H and O–H groups in total. The second-order valence-electron chi connectivity index (χ2n) is 5.84. The summed E-state index contributed by atoms with van der Waals surface area (Å²) in [4.78, 5) is 13.3. The van der Waals surface area contributed by atoms with Gasteiger partial charge in [0, 0.05) is 25.6 Å². The van der Waals surface area contributed by atoms with Crippen LogP contribution in [0.2, 0.25) is 0 Å². The summed E-state index contributed by atoms with van der Waals surface area (Å²) in [6, 6.07) is 0.493. The first kappa shape index (κ1) is 12.9. The van der Waals surface area contributed by atoms with Gasteiger partial charge in [-0.25, -0.2) is 0 Å². The Kier molecular flexibility index (Phi) is 4.43. The number of fused-ring (bicyclic) bond motifs is 4. The standard InChI is InChI=1S/C14H25NO2/c1-2-13(7-8-14(16)17)15-9-11-3-4-12(10-15)6-5-11/h11-13H,2-10H2,1H3,(H,16,17). The third kappa shape index (κ3) is 3.44. The maximum atomic E-state index is 10.7. The maximum absolute atomic E-state index is 10.7. The van der Waals surface area contributed by atoms with Crippen molar-refractivity contribution >= 4 is 5.97 Å². The molecule has 3 nitrogen and oxygen atoms in total. The van der Waals surface area contributed by atoms with Gasteiger partial charge in [0.15, 0.2) is 0 Å². The Bertz CT molecular complexity index is 245. The molecule has 1 atom stereocenters. The van der Waals surface area contributed by atoms with Crippen LogP contribution in [0.25, 0.3) is 0 Å². The SMILES string of the molecule is CCC(CCC(=O)O)N1CC2CCC(CC2)C1.